The zero-order valence-electron chi connectivity index (χ0n) is 11.6. The average molecular weight is 247 g/mol. The first-order valence-corrected chi connectivity index (χ1v) is 7.14. The lowest BCUT2D eigenvalue weighted by Gasteiger charge is -2.29. The topological polar surface area (TPSA) is 21.3 Å². The standard InChI is InChI=1S/C16H25NO/c1-13-5-3-8-16(11-13)18-10-9-15(17-2)12-14-6-4-7-14/h3,5,8,11,14-15,17H,4,6-7,9-10,12H2,1-2H3. The van der Waals surface area contributed by atoms with E-state index in [-0.39, 0.29) is 0 Å². The summed E-state index contributed by atoms with van der Waals surface area (Å²) in [7, 11) is 2.07. The van der Waals surface area contributed by atoms with Gasteiger partial charge in [-0.05, 0) is 50.4 Å². The molecule has 2 rings (SSSR count). The molecule has 0 bridgehead atoms. The Balaban J connectivity index is 1.69. The van der Waals surface area contributed by atoms with Crippen LogP contribution in [0.15, 0.2) is 24.3 Å². The summed E-state index contributed by atoms with van der Waals surface area (Å²) in [6, 6.07) is 8.89. The molecule has 2 heteroatoms. The zero-order chi connectivity index (χ0) is 12.8. The molecule has 1 atom stereocenters. The molecule has 1 aliphatic carbocycles. The Morgan fingerprint density at radius 2 is 2.22 bits per heavy atom. The molecule has 1 N–H and O–H groups in total. The van der Waals surface area contributed by atoms with Gasteiger partial charge in [-0.25, -0.2) is 0 Å². The van der Waals surface area contributed by atoms with E-state index in [1.54, 1.807) is 0 Å². The van der Waals surface area contributed by atoms with Crippen molar-refractivity contribution in [3.05, 3.63) is 29.8 Å². The fourth-order valence-electron chi connectivity index (χ4n) is 2.54. The lowest BCUT2D eigenvalue weighted by molar-refractivity contribution is 0.232. The SMILES string of the molecule is CNC(CCOc1cccc(C)c1)CC1CCC1. The summed E-state index contributed by atoms with van der Waals surface area (Å²) in [5.41, 5.74) is 1.26. The van der Waals surface area contributed by atoms with Gasteiger partial charge in [0, 0.05) is 6.04 Å². The Kier molecular flexibility index (Phi) is 5.06. The number of rotatable bonds is 7. The van der Waals surface area contributed by atoms with Crippen molar-refractivity contribution in [3.63, 3.8) is 0 Å². The Hall–Kier alpha value is -1.02. The minimum Gasteiger partial charge on any atom is -0.494 e. The van der Waals surface area contributed by atoms with Crippen molar-refractivity contribution in [3.8, 4) is 5.75 Å². The molecule has 0 spiro atoms. The number of hydrogen-bond donors (Lipinski definition) is 1. The maximum absolute atomic E-state index is 5.81. The van der Waals surface area contributed by atoms with E-state index >= 15 is 0 Å². The first-order valence-electron chi connectivity index (χ1n) is 7.14. The quantitative estimate of drug-likeness (QED) is 0.795. The van der Waals surface area contributed by atoms with Crippen LogP contribution in [0.4, 0.5) is 0 Å². The third-order valence-electron chi connectivity index (χ3n) is 3.98. The van der Waals surface area contributed by atoms with Crippen LogP contribution in [0.25, 0.3) is 0 Å². The molecular weight excluding hydrogens is 222 g/mol. The molecule has 100 valence electrons. The predicted octanol–water partition coefficient (Wildman–Crippen LogP) is 3.54. The highest BCUT2D eigenvalue weighted by molar-refractivity contribution is 5.27. The second-order valence-corrected chi connectivity index (χ2v) is 5.47. The highest BCUT2D eigenvalue weighted by atomic mass is 16.5. The van der Waals surface area contributed by atoms with Gasteiger partial charge in [0.1, 0.15) is 5.75 Å². The molecule has 2 nitrogen and oxygen atoms in total. The van der Waals surface area contributed by atoms with Crippen LogP contribution in [0, 0.1) is 12.8 Å². The fourth-order valence-corrected chi connectivity index (χ4v) is 2.54. The Bertz CT molecular complexity index is 360. The van der Waals surface area contributed by atoms with Gasteiger partial charge in [0.05, 0.1) is 6.61 Å². The van der Waals surface area contributed by atoms with Crippen LogP contribution in [-0.4, -0.2) is 19.7 Å². The maximum atomic E-state index is 5.81. The molecule has 1 fully saturated rings. The van der Waals surface area contributed by atoms with E-state index in [2.05, 4.69) is 37.5 Å². The number of nitrogens with one attached hydrogen (secondary N) is 1. The second-order valence-electron chi connectivity index (χ2n) is 5.47. The third kappa shape index (κ3) is 4.02. The van der Waals surface area contributed by atoms with Crippen molar-refractivity contribution in [2.24, 2.45) is 5.92 Å². The lowest BCUT2D eigenvalue weighted by atomic mass is 9.80. The van der Waals surface area contributed by atoms with Crippen LogP contribution >= 0.6 is 0 Å². The molecule has 1 aliphatic rings. The van der Waals surface area contributed by atoms with Crippen molar-refractivity contribution in [1.82, 2.24) is 5.32 Å². The van der Waals surface area contributed by atoms with Gasteiger partial charge in [-0.3, -0.25) is 0 Å². The largest absolute Gasteiger partial charge is 0.494 e. The molecule has 1 saturated carbocycles. The molecule has 0 amide bonds. The first kappa shape index (κ1) is 13.4. The van der Waals surface area contributed by atoms with Crippen molar-refractivity contribution < 1.29 is 4.74 Å². The smallest absolute Gasteiger partial charge is 0.119 e. The molecule has 0 saturated heterocycles. The fraction of sp³-hybridized carbons (Fsp3) is 0.625. The van der Waals surface area contributed by atoms with Gasteiger partial charge in [-0.1, -0.05) is 31.4 Å². The molecule has 0 heterocycles. The van der Waals surface area contributed by atoms with Gasteiger partial charge >= 0.3 is 0 Å². The Labute approximate surface area is 111 Å². The number of aryl methyl sites for hydroxylation is 1. The van der Waals surface area contributed by atoms with E-state index in [0.29, 0.717) is 6.04 Å². The van der Waals surface area contributed by atoms with Crippen LogP contribution in [0.2, 0.25) is 0 Å². The van der Waals surface area contributed by atoms with Gasteiger partial charge in [-0.15, -0.1) is 0 Å². The van der Waals surface area contributed by atoms with Gasteiger partial charge in [0.2, 0.25) is 0 Å². The molecule has 0 radical (unpaired) electrons. The van der Waals surface area contributed by atoms with Crippen LogP contribution < -0.4 is 10.1 Å². The van der Waals surface area contributed by atoms with E-state index in [1.807, 2.05) is 6.07 Å². The van der Waals surface area contributed by atoms with Crippen LogP contribution in [0.5, 0.6) is 5.75 Å². The Morgan fingerprint density at radius 3 is 2.83 bits per heavy atom. The van der Waals surface area contributed by atoms with Gasteiger partial charge in [-0.2, -0.15) is 0 Å². The van der Waals surface area contributed by atoms with Crippen molar-refractivity contribution in [1.29, 1.82) is 0 Å². The molecule has 0 aromatic heterocycles. The summed E-state index contributed by atoms with van der Waals surface area (Å²) < 4.78 is 5.81. The molecule has 1 aromatic rings. The lowest BCUT2D eigenvalue weighted by Crippen LogP contribution is -2.31. The number of ether oxygens (including phenoxy) is 1. The van der Waals surface area contributed by atoms with E-state index in [4.69, 9.17) is 4.74 Å². The molecule has 1 unspecified atom stereocenters. The minimum atomic E-state index is 0.611. The monoisotopic (exact) mass is 247 g/mol. The van der Waals surface area contributed by atoms with Gasteiger partial charge < -0.3 is 10.1 Å². The second kappa shape index (κ2) is 6.79. The normalized spacial score (nSPS) is 17.2. The Morgan fingerprint density at radius 1 is 1.39 bits per heavy atom. The van der Waals surface area contributed by atoms with Crippen molar-refractivity contribution >= 4 is 0 Å². The van der Waals surface area contributed by atoms with Gasteiger partial charge in [0.15, 0.2) is 0 Å². The maximum Gasteiger partial charge on any atom is 0.119 e. The van der Waals surface area contributed by atoms with E-state index < -0.39 is 0 Å². The van der Waals surface area contributed by atoms with Crippen LogP contribution in [0.1, 0.15) is 37.7 Å². The van der Waals surface area contributed by atoms with Crippen molar-refractivity contribution in [2.45, 2.75) is 45.1 Å². The van der Waals surface area contributed by atoms with E-state index in [1.165, 1.54) is 31.2 Å². The van der Waals surface area contributed by atoms with Crippen LogP contribution in [0.3, 0.4) is 0 Å². The summed E-state index contributed by atoms with van der Waals surface area (Å²) in [5.74, 6) is 1.95. The zero-order valence-corrected chi connectivity index (χ0v) is 11.6. The highest BCUT2D eigenvalue weighted by Crippen LogP contribution is 2.30. The van der Waals surface area contributed by atoms with Crippen molar-refractivity contribution in [2.75, 3.05) is 13.7 Å². The molecular formula is C16H25NO. The van der Waals surface area contributed by atoms with E-state index in [9.17, 15) is 0 Å². The molecule has 1 aromatic carbocycles. The van der Waals surface area contributed by atoms with Gasteiger partial charge in [0.25, 0.3) is 0 Å². The highest BCUT2D eigenvalue weighted by Gasteiger charge is 2.21. The summed E-state index contributed by atoms with van der Waals surface area (Å²) in [5, 5.41) is 3.42. The summed E-state index contributed by atoms with van der Waals surface area (Å²) in [6.45, 7) is 2.90. The predicted molar refractivity (Wildman–Crippen MR) is 76.1 cm³/mol. The average Bonchev–Trinajstić information content (AvgIpc) is 2.31. The molecule has 18 heavy (non-hydrogen) atoms. The number of hydrogen-bond acceptors (Lipinski definition) is 2. The summed E-state index contributed by atoms with van der Waals surface area (Å²) in [4.78, 5) is 0. The summed E-state index contributed by atoms with van der Waals surface area (Å²) in [6.07, 6.45) is 6.70. The van der Waals surface area contributed by atoms with E-state index in [0.717, 1.165) is 24.7 Å². The third-order valence-corrected chi connectivity index (χ3v) is 3.98. The van der Waals surface area contributed by atoms with Crippen LogP contribution in [-0.2, 0) is 0 Å². The summed E-state index contributed by atoms with van der Waals surface area (Å²) >= 11 is 0. The first-order chi connectivity index (χ1) is 8.78. The minimum absolute atomic E-state index is 0.611. The number of benzene rings is 1. The molecule has 0 aliphatic heterocycles.